The minimum absolute atomic E-state index is 0.0704. The molecule has 30 heavy (non-hydrogen) atoms. The monoisotopic (exact) mass is 430 g/mol. The summed E-state index contributed by atoms with van der Waals surface area (Å²) in [7, 11) is 0. The Hall–Kier alpha value is -3.32. The van der Waals surface area contributed by atoms with Crippen molar-refractivity contribution in [3.63, 3.8) is 0 Å². The number of benzene rings is 1. The maximum absolute atomic E-state index is 13.0. The van der Waals surface area contributed by atoms with E-state index in [-0.39, 0.29) is 41.6 Å². The third-order valence-corrected chi connectivity index (χ3v) is 4.79. The van der Waals surface area contributed by atoms with Crippen LogP contribution in [-0.4, -0.2) is 33.3 Å². The highest BCUT2D eigenvalue weighted by Gasteiger charge is 2.19. The van der Waals surface area contributed by atoms with Gasteiger partial charge in [-0.1, -0.05) is 11.8 Å². The predicted molar refractivity (Wildman–Crippen MR) is 105 cm³/mol. The van der Waals surface area contributed by atoms with Crippen LogP contribution in [0.1, 0.15) is 31.1 Å². The van der Waals surface area contributed by atoms with E-state index in [9.17, 15) is 9.18 Å². The molecule has 1 amide bonds. The molecule has 0 bridgehead atoms. The van der Waals surface area contributed by atoms with Gasteiger partial charge in [0, 0.05) is 6.54 Å². The summed E-state index contributed by atoms with van der Waals surface area (Å²) in [6.07, 6.45) is 1.21. The first-order chi connectivity index (χ1) is 14.5. The quantitative estimate of drug-likeness (QED) is 0.445. The van der Waals surface area contributed by atoms with Gasteiger partial charge in [-0.25, -0.2) is 4.39 Å². The standard InChI is InChI=1S/C20H19FN4O4S/c1-14(28-16-7-5-15(21)6-8-16)19-23-24-20(29-19)30-13-18(26)25(10-3-9-22)12-17-4-2-11-27-17/h2,4-8,11,14H,3,10,12-13H2,1H3. The lowest BCUT2D eigenvalue weighted by molar-refractivity contribution is -0.129. The van der Waals surface area contributed by atoms with Crippen LogP contribution in [0.25, 0.3) is 0 Å². The molecule has 1 atom stereocenters. The predicted octanol–water partition coefficient (Wildman–Crippen LogP) is 3.98. The first-order valence-electron chi connectivity index (χ1n) is 9.10. The average molecular weight is 430 g/mol. The van der Waals surface area contributed by atoms with Gasteiger partial charge in [-0.05, 0) is 43.3 Å². The molecule has 1 unspecified atom stereocenters. The van der Waals surface area contributed by atoms with Gasteiger partial charge in [0.1, 0.15) is 17.3 Å². The van der Waals surface area contributed by atoms with E-state index < -0.39 is 6.10 Å². The van der Waals surface area contributed by atoms with Crippen molar-refractivity contribution in [3.05, 3.63) is 60.1 Å². The molecule has 1 aromatic carbocycles. The maximum atomic E-state index is 13.0. The zero-order valence-electron chi connectivity index (χ0n) is 16.2. The van der Waals surface area contributed by atoms with Crippen molar-refractivity contribution in [2.45, 2.75) is 31.2 Å². The lowest BCUT2D eigenvalue weighted by Gasteiger charge is -2.19. The van der Waals surface area contributed by atoms with Crippen molar-refractivity contribution in [2.75, 3.05) is 12.3 Å². The maximum Gasteiger partial charge on any atom is 0.277 e. The highest BCUT2D eigenvalue weighted by molar-refractivity contribution is 7.99. The Balaban J connectivity index is 1.54. The molecule has 0 aliphatic heterocycles. The number of nitriles is 1. The minimum atomic E-state index is -0.543. The zero-order chi connectivity index (χ0) is 21.3. The smallest absolute Gasteiger partial charge is 0.277 e. The molecule has 0 saturated carbocycles. The Morgan fingerprint density at radius 2 is 2.13 bits per heavy atom. The number of rotatable bonds is 10. The number of ether oxygens (including phenoxy) is 1. The molecule has 0 aliphatic carbocycles. The van der Waals surface area contributed by atoms with E-state index >= 15 is 0 Å². The number of hydrogen-bond donors (Lipinski definition) is 0. The van der Waals surface area contributed by atoms with Crippen LogP contribution in [0.3, 0.4) is 0 Å². The summed E-state index contributed by atoms with van der Waals surface area (Å²) in [4.78, 5) is 14.1. The van der Waals surface area contributed by atoms with Gasteiger partial charge in [0.15, 0.2) is 6.10 Å². The second-order valence-electron chi connectivity index (χ2n) is 6.21. The van der Waals surface area contributed by atoms with Crippen LogP contribution in [0.2, 0.25) is 0 Å². The third-order valence-electron chi connectivity index (χ3n) is 3.99. The van der Waals surface area contributed by atoms with Gasteiger partial charge in [0.05, 0.1) is 31.1 Å². The number of carbonyl (C=O) groups is 1. The van der Waals surface area contributed by atoms with Gasteiger partial charge in [0.25, 0.3) is 11.1 Å². The molecule has 0 saturated heterocycles. The Morgan fingerprint density at radius 3 is 2.83 bits per heavy atom. The van der Waals surface area contributed by atoms with E-state index in [2.05, 4.69) is 10.2 Å². The fourth-order valence-electron chi connectivity index (χ4n) is 2.49. The van der Waals surface area contributed by atoms with Crippen LogP contribution in [0.15, 0.2) is 56.7 Å². The largest absolute Gasteiger partial charge is 0.481 e. The lowest BCUT2D eigenvalue weighted by atomic mass is 10.3. The van der Waals surface area contributed by atoms with Crippen molar-refractivity contribution in [1.29, 1.82) is 5.26 Å². The molecular weight excluding hydrogens is 411 g/mol. The molecule has 0 fully saturated rings. The molecule has 0 radical (unpaired) electrons. The number of carbonyl (C=O) groups excluding carboxylic acids is 1. The zero-order valence-corrected chi connectivity index (χ0v) is 17.0. The summed E-state index contributed by atoms with van der Waals surface area (Å²) in [5.74, 6) is 0.886. The minimum Gasteiger partial charge on any atom is -0.481 e. The molecule has 3 aromatic rings. The number of halogens is 1. The Labute approximate surface area is 176 Å². The van der Waals surface area contributed by atoms with Gasteiger partial charge >= 0.3 is 0 Å². The first-order valence-corrected chi connectivity index (χ1v) is 10.1. The van der Waals surface area contributed by atoms with E-state index in [1.165, 1.54) is 30.5 Å². The number of furan rings is 1. The van der Waals surface area contributed by atoms with Crippen LogP contribution in [0.5, 0.6) is 5.75 Å². The lowest BCUT2D eigenvalue weighted by Crippen LogP contribution is -2.32. The second kappa shape index (κ2) is 10.5. The topological polar surface area (TPSA) is 105 Å². The number of amides is 1. The number of aromatic nitrogens is 2. The molecule has 2 aromatic heterocycles. The number of thioether (sulfide) groups is 1. The van der Waals surface area contributed by atoms with Gasteiger partial charge in [-0.15, -0.1) is 10.2 Å². The van der Waals surface area contributed by atoms with Crippen molar-refractivity contribution >= 4 is 17.7 Å². The molecule has 156 valence electrons. The van der Waals surface area contributed by atoms with Crippen molar-refractivity contribution in [1.82, 2.24) is 15.1 Å². The van der Waals surface area contributed by atoms with Crippen LogP contribution >= 0.6 is 11.8 Å². The Morgan fingerprint density at radius 1 is 1.33 bits per heavy atom. The average Bonchev–Trinajstić information content (AvgIpc) is 3.43. The molecule has 8 nitrogen and oxygen atoms in total. The molecule has 0 aliphatic rings. The van der Waals surface area contributed by atoms with Gasteiger partial charge in [-0.3, -0.25) is 4.79 Å². The molecular formula is C20H19FN4O4S. The fourth-order valence-corrected chi connectivity index (χ4v) is 3.17. The van der Waals surface area contributed by atoms with Crippen LogP contribution in [-0.2, 0) is 11.3 Å². The van der Waals surface area contributed by atoms with Crippen LogP contribution in [0, 0.1) is 17.1 Å². The van der Waals surface area contributed by atoms with E-state index in [4.69, 9.17) is 18.8 Å². The first kappa shape index (κ1) is 21.4. The summed E-state index contributed by atoms with van der Waals surface area (Å²) >= 11 is 1.10. The van der Waals surface area contributed by atoms with Crippen molar-refractivity contribution < 1.29 is 22.8 Å². The van der Waals surface area contributed by atoms with E-state index in [0.717, 1.165) is 11.8 Å². The summed E-state index contributed by atoms with van der Waals surface area (Å²) in [6, 6.07) is 11.2. The van der Waals surface area contributed by atoms with E-state index in [0.29, 0.717) is 18.1 Å². The molecule has 3 rings (SSSR count). The van der Waals surface area contributed by atoms with Crippen molar-refractivity contribution in [3.8, 4) is 11.8 Å². The molecule has 0 N–H and O–H groups in total. The summed E-state index contributed by atoms with van der Waals surface area (Å²) in [6.45, 7) is 2.31. The SMILES string of the molecule is CC(Oc1ccc(F)cc1)c1nnc(SCC(=O)N(CCC#N)Cc2ccco2)o1. The molecule has 10 heteroatoms. The fraction of sp³-hybridized carbons (Fsp3) is 0.300. The summed E-state index contributed by atoms with van der Waals surface area (Å²) in [5.41, 5.74) is 0. The highest BCUT2D eigenvalue weighted by Crippen LogP contribution is 2.24. The number of nitrogens with zero attached hydrogens (tertiary/aromatic N) is 4. The normalized spacial score (nSPS) is 11.6. The van der Waals surface area contributed by atoms with Crippen LogP contribution < -0.4 is 4.74 Å². The Bertz CT molecular complexity index is 985. The summed E-state index contributed by atoms with van der Waals surface area (Å²) < 4.78 is 29.5. The van der Waals surface area contributed by atoms with Crippen LogP contribution in [0.4, 0.5) is 4.39 Å². The summed E-state index contributed by atoms with van der Waals surface area (Å²) in [5, 5.41) is 16.9. The molecule has 2 heterocycles. The number of hydrogen-bond acceptors (Lipinski definition) is 8. The van der Waals surface area contributed by atoms with E-state index in [1.807, 2.05) is 6.07 Å². The molecule has 0 spiro atoms. The highest BCUT2D eigenvalue weighted by atomic mass is 32.2. The second-order valence-corrected chi connectivity index (χ2v) is 7.14. The Kier molecular flexibility index (Phi) is 7.45. The van der Waals surface area contributed by atoms with Gasteiger partial charge < -0.3 is 18.5 Å². The van der Waals surface area contributed by atoms with Gasteiger partial charge in [0.2, 0.25) is 5.91 Å². The third kappa shape index (κ3) is 6.09. The van der Waals surface area contributed by atoms with Crippen molar-refractivity contribution in [2.24, 2.45) is 0 Å². The van der Waals surface area contributed by atoms with E-state index in [1.54, 1.807) is 24.0 Å². The van der Waals surface area contributed by atoms with Gasteiger partial charge in [-0.2, -0.15) is 5.26 Å².